The van der Waals surface area contributed by atoms with E-state index in [9.17, 15) is 13.2 Å². The molecular formula is C13H13Cl2NO4S. The van der Waals surface area contributed by atoms with Crippen LogP contribution in [0.5, 0.6) is 0 Å². The summed E-state index contributed by atoms with van der Waals surface area (Å²) in [5.41, 5.74) is -0.375. The van der Waals surface area contributed by atoms with E-state index in [1.807, 2.05) is 0 Å². The van der Waals surface area contributed by atoms with E-state index in [-0.39, 0.29) is 33.6 Å². The number of rotatable bonds is 7. The molecule has 1 aromatic carbocycles. The third-order valence-corrected chi connectivity index (χ3v) is 5.11. The van der Waals surface area contributed by atoms with Crippen molar-refractivity contribution >= 4 is 39.2 Å². The van der Waals surface area contributed by atoms with Crippen molar-refractivity contribution in [2.75, 3.05) is 13.1 Å². The van der Waals surface area contributed by atoms with E-state index in [4.69, 9.17) is 28.3 Å². The van der Waals surface area contributed by atoms with Gasteiger partial charge in [0.25, 0.3) is 0 Å². The van der Waals surface area contributed by atoms with Crippen LogP contribution >= 0.6 is 23.2 Å². The molecule has 0 spiro atoms. The summed E-state index contributed by atoms with van der Waals surface area (Å²) < 4.78 is 26.2. The Morgan fingerprint density at radius 1 is 1.24 bits per heavy atom. The van der Waals surface area contributed by atoms with Crippen molar-refractivity contribution in [1.82, 2.24) is 4.31 Å². The van der Waals surface area contributed by atoms with Crippen LogP contribution in [0.3, 0.4) is 0 Å². The molecular weight excluding hydrogens is 337 g/mol. The molecule has 0 fully saturated rings. The lowest BCUT2D eigenvalue weighted by atomic mass is 10.2. The van der Waals surface area contributed by atoms with Crippen molar-refractivity contribution in [1.29, 1.82) is 0 Å². The molecule has 0 saturated heterocycles. The fraction of sp³-hybridized carbons (Fsp3) is 0.154. The zero-order valence-corrected chi connectivity index (χ0v) is 13.2. The highest BCUT2D eigenvalue weighted by atomic mass is 35.5. The van der Waals surface area contributed by atoms with E-state index in [1.165, 1.54) is 12.2 Å². The Bertz CT molecular complexity index is 676. The van der Waals surface area contributed by atoms with E-state index >= 15 is 0 Å². The van der Waals surface area contributed by atoms with Crippen molar-refractivity contribution in [2.45, 2.75) is 4.90 Å². The Morgan fingerprint density at radius 2 is 1.76 bits per heavy atom. The molecule has 0 aliphatic heterocycles. The molecule has 1 N–H and O–H groups in total. The average Bonchev–Trinajstić information content (AvgIpc) is 2.40. The molecule has 0 aliphatic carbocycles. The number of nitrogens with zero attached hydrogens (tertiary/aromatic N) is 1. The van der Waals surface area contributed by atoms with Crippen LogP contribution in [-0.4, -0.2) is 36.9 Å². The zero-order valence-electron chi connectivity index (χ0n) is 10.9. The summed E-state index contributed by atoms with van der Waals surface area (Å²) in [6, 6.07) is 2.21. The average molecular weight is 350 g/mol. The Hall–Kier alpha value is -1.34. The van der Waals surface area contributed by atoms with Gasteiger partial charge in [-0.15, -0.1) is 13.2 Å². The van der Waals surface area contributed by atoms with Gasteiger partial charge in [0, 0.05) is 18.1 Å². The minimum atomic E-state index is -4.02. The second-order valence-electron chi connectivity index (χ2n) is 3.97. The van der Waals surface area contributed by atoms with Gasteiger partial charge in [0.1, 0.15) is 4.90 Å². The highest BCUT2D eigenvalue weighted by Gasteiger charge is 2.28. The molecule has 8 heteroatoms. The van der Waals surface area contributed by atoms with Crippen molar-refractivity contribution in [2.24, 2.45) is 0 Å². The maximum Gasteiger partial charge on any atom is 0.337 e. The molecule has 0 amide bonds. The van der Waals surface area contributed by atoms with Gasteiger partial charge in [-0.3, -0.25) is 0 Å². The predicted molar refractivity (Wildman–Crippen MR) is 82.6 cm³/mol. The summed E-state index contributed by atoms with van der Waals surface area (Å²) in [5.74, 6) is -1.36. The first-order valence-corrected chi connectivity index (χ1v) is 7.89. The Labute approximate surface area is 133 Å². The molecule has 0 unspecified atom stereocenters. The molecule has 0 bridgehead atoms. The summed E-state index contributed by atoms with van der Waals surface area (Å²) in [4.78, 5) is 10.7. The van der Waals surface area contributed by atoms with Gasteiger partial charge in [-0.1, -0.05) is 35.4 Å². The number of hydrogen-bond acceptors (Lipinski definition) is 3. The molecule has 1 rings (SSSR count). The smallest absolute Gasteiger partial charge is 0.337 e. The molecule has 1 aromatic rings. The summed E-state index contributed by atoms with van der Waals surface area (Å²) in [6.45, 7) is 7.02. The van der Waals surface area contributed by atoms with Gasteiger partial charge >= 0.3 is 5.97 Å². The van der Waals surface area contributed by atoms with Crippen LogP contribution in [0.25, 0.3) is 0 Å². The number of halogens is 2. The van der Waals surface area contributed by atoms with Crippen molar-refractivity contribution < 1.29 is 18.3 Å². The molecule has 0 radical (unpaired) electrons. The number of carboxylic acids is 1. The van der Waals surface area contributed by atoms with Gasteiger partial charge in [-0.05, 0) is 12.1 Å². The van der Waals surface area contributed by atoms with Crippen LogP contribution in [0.15, 0.2) is 42.3 Å². The van der Waals surface area contributed by atoms with Gasteiger partial charge in [-0.2, -0.15) is 4.31 Å². The van der Waals surface area contributed by atoms with Crippen LogP contribution < -0.4 is 0 Å². The minimum absolute atomic E-state index is 0.0274. The number of sulfonamides is 1. The second kappa shape index (κ2) is 7.09. The topological polar surface area (TPSA) is 74.7 Å². The standard InChI is InChI=1S/C13H13Cl2NO4S/c1-3-5-16(6-4-2)21(19,20)11-8-9(14)7-10(12(11)15)13(17)18/h3-4,7-8H,1-2,5-6H2,(H,17,18). The number of benzene rings is 1. The lowest BCUT2D eigenvalue weighted by Gasteiger charge is -2.20. The van der Waals surface area contributed by atoms with Crippen molar-refractivity contribution in [3.63, 3.8) is 0 Å². The summed E-state index contributed by atoms with van der Waals surface area (Å²) in [6.07, 6.45) is 2.80. The first kappa shape index (κ1) is 17.7. The summed E-state index contributed by atoms with van der Waals surface area (Å²) >= 11 is 11.7. The lowest BCUT2D eigenvalue weighted by molar-refractivity contribution is 0.0697. The first-order chi connectivity index (χ1) is 9.75. The van der Waals surface area contributed by atoms with E-state index in [1.54, 1.807) is 0 Å². The Balaban J connectivity index is 3.53. The van der Waals surface area contributed by atoms with E-state index in [0.29, 0.717) is 0 Å². The highest BCUT2D eigenvalue weighted by Crippen LogP contribution is 2.31. The number of hydrogen-bond donors (Lipinski definition) is 1. The van der Waals surface area contributed by atoms with Crippen LogP contribution in [0.4, 0.5) is 0 Å². The predicted octanol–water partition coefficient (Wildman–Crippen LogP) is 3.05. The molecule has 0 aromatic heterocycles. The fourth-order valence-electron chi connectivity index (χ4n) is 1.61. The normalized spacial score (nSPS) is 11.4. The fourth-order valence-corrected chi connectivity index (χ4v) is 3.86. The zero-order chi connectivity index (χ0) is 16.2. The van der Waals surface area contributed by atoms with Crippen molar-refractivity contribution in [3.8, 4) is 0 Å². The third kappa shape index (κ3) is 3.85. The van der Waals surface area contributed by atoms with Crippen LogP contribution in [0, 0.1) is 0 Å². The maximum atomic E-state index is 12.6. The quantitative estimate of drug-likeness (QED) is 0.767. The van der Waals surface area contributed by atoms with Crippen LogP contribution in [0.1, 0.15) is 10.4 Å². The molecule has 114 valence electrons. The molecule has 0 aliphatic rings. The van der Waals surface area contributed by atoms with Gasteiger partial charge in [0.05, 0.1) is 10.6 Å². The molecule has 5 nitrogen and oxygen atoms in total. The maximum absolute atomic E-state index is 12.6. The highest BCUT2D eigenvalue weighted by molar-refractivity contribution is 7.89. The summed E-state index contributed by atoms with van der Waals surface area (Å²) in [7, 11) is -4.02. The lowest BCUT2D eigenvalue weighted by Crippen LogP contribution is -2.31. The van der Waals surface area contributed by atoms with E-state index in [0.717, 1.165) is 16.4 Å². The number of carboxylic acid groups (broad SMARTS) is 1. The van der Waals surface area contributed by atoms with E-state index < -0.39 is 16.0 Å². The van der Waals surface area contributed by atoms with Gasteiger partial charge in [0.2, 0.25) is 10.0 Å². The number of carbonyl (C=O) groups is 1. The molecule has 21 heavy (non-hydrogen) atoms. The third-order valence-electron chi connectivity index (χ3n) is 2.52. The monoisotopic (exact) mass is 349 g/mol. The van der Waals surface area contributed by atoms with Gasteiger partial charge in [0.15, 0.2) is 0 Å². The largest absolute Gasteiger partial charge is 0.478 e. The summed E-state index contributed by atoms with van der Waals surface area (Å²) in [5, 5.41) is 8.62. The van der Waals surface area contributed by atoms with Gasteiger partial charge in [-0.25, -0.2) is 13.2 Å². The molecule has 0 heterocycles. The minimum Gasteiger partial charge on any atom is -0.478 e. The number of aromatic carboxylic acids is 1. The van der Waals surface area contributed by atoms with Crippen molar-refractivity contribution in [3.05, 3.63) is 53.1 Å². The SMILES string of the molecule is C=CCN(CC=C)S(=O)(=O)c1cc(Cl)cc(C(=O)O)c1Cl. The molecule has 0 saturated carbocycles. The first-order valence-electron chi connectivity index (χ1n) is 5.70. The van der Waals surface area contributed by atoms with Crippen LogP contribution in [-0.2, 0) is 10.0 Å². The van der Waals surface area contributed by atoms with Gasteiger partial charge < -0.3 is 5.11 Å². The second-order valence-corrected chi connectivity index (χ2v) is 6.69. The van der Waals surface area contributed by atoms with E-state index in [2.05, 4.69) is 13.2 Å². The Kier molecular flexibility index (Phi) is 5.98. The van der Waals surface area contributed by atoms with Crippen LogP contribution in [0.2, 0.25) is 10.0 Å². The molecule has 0 atom stereocenters. The Morgan fingerprint density at radius 3 is 2.19 bits per heavy atom.